The summed E-state index contributed by atoms with van der Waals surface area (Å²) < 4.78 is 5.11. The first kappa shape index (κ1) is 27.4. The third-order valence-corrected chi connectivity index (χ3v) is 11.2. The Bertz CT molecular complexity index is 2680. The average molecular weight is 634 g/mol. The maximum absolute atomic E-state index is 4.01. The highest BCUT2D eigenvalue weighted by Crippen LogP contribution is 2.43. The van der Waals surface area contributed by atoms with E-state index in [0.717, 1.165) is 5.70 Å². The summed E-state index contributed by atoms with van der Waals surface area (Å²) in [5.41, 5.74) is 8.43. The Morgan fingerprint density at radius 3 is 2.06 bits per heavy atom. The summed E-state index contributed by atoms with van der Waals surface area (Å²) in [4.78, 5) is 0. The monoisotopic (exact) mass is 633 g/mol. The van der Waals surface area contributed by atoms with Gasteiger partial charge in [0.2, 0.25) is 0 Å². The Kier molecular flexibility index (Phi) is 6.26. The lowest BCUT2D eigenvalue weighted by molar-refractivity contribution is 0.351. The molecular weight excluding hydrogens is 603 g/mol. The van der Waals surface area contributed by atoms with Gasteiger partial charge in [-0.1, -0.05) is 146 Å². The first-order valence-corrected chi connectivity index (χ1v) is 17.3. The second-order valence-corrected chi connectivity index (χ2v) is 13.6. The minimum atomic E-state index is -0.200. The molecule has 0 bridgehead atoms. The lowest BCUT2D eigenvalue weighted by atomic mass is 9.99. The van der Waals surface area contributed by atoms with Crippen LogP contribution < -0.4 is 10.6 Å². The molecule has 48 heavy (non-hydrogen) atoms. The van der Waals surface area contributed by atoms with Crippen LogP contribution in [0.1, 0.15) is 23.5 Å². The van der Waals surface area contributed by atoms with Crippen molar-refractivity contribution in [1.82, 2.24) is 15.2 Å². The number of benzene rings is 7. The average Bonchev–Trinajstić information content (AvgIpc) is 3.71. The van der Waals surface area contributed by atoms with Crippen LogP contribution in [0.15, 0.2) is 164 Å². The van der Waals surface area contributed by atoms with Gasteiger partial charge in [0.05, 0.1) is 17.1 Å². The minimum Gasteiger partial charge on any atom is -0.352 e. The van der Waals surface area contributed by atoms with E-state index in [0.29, 0.717) is 0 Å². The van der Waals surface area contributed by atoms with Gasteiger partial charge >= 0.3 is 0 Å². The van der Waals surface area contributed by atoms with Gasteiger partial charge in [-0.25, -0.2) is 0 Å². The molecule has 0 saturated heterocycles. The molecule has 3 nitrogen and oxygen atoms in total. The van der Waals surface area contributed by atoms with Crippen molar-refractivity contribution in [3.05, 3.63) is 175 Å². The summed E-state index contributed by atoms with van der Waals surface area (Å²) >= 11 is 1.90. The Balaban J connectivity index is 1.19. The Labute approximate surface area is 282 Å². The van der Waals surface area contributed by atoms with E-state index in [1.54, 1.807) is 0 Å². The molecule has 7 aromatic carbocycles. The van der Waals surface area contributed by atoms with Crippen LogP contribution in [0.25, 0.3) is 69.6 Å². The summed E-state index contributed by atoms with van der Waals surface area (Å²) in [6.07, 6.45) is 2.17. The van der Waals surface area contributed by atoms with E-state index in [2.05, 4.69) is 179 Å². The standard InChI is InChI=1S/C44H31N3S/c1-3-12-28(13-4-1)31-23-24-34-33-18-9-10-21-40(33)47(41(34)26-31)44-45-38(30-15-5-2-6-16-30)27-39(46-44)37-20-11-19-35-36-25-22-29-14-7-8-17-32(29)42(36)48-43(35)37/h1-27,38,44-46H. The molecule has 3 heterocycles. The highest BCUT2D eigenvalue weighted by atomic mass is 32.1. The molecule has 2 atom stereocenters. The van der Waals surface area contributed by atoms with Crippen molar-refractivity contribution in [2.24, 2.45) is 0 Å². The number of hydrogen-bond donors (Lipinski definition) is 2. The van der Waals surface area contributed by atoms with Gasteiger partial charge in [0, 0.05) is 42.2 Å². The van der Waals surface area contributed by atoms with Crippen LogP contribution in [0.2, 0.25) is 0 Å². The van der Waals surface area contributed by atoms with Crippen molar-refractivity contribution in [3.63, 3.8) is 0 Å². The van der Waals surface area contributed by atoms with Crippen molar-refractivity contribution in [1.29, 1.82) is 0 Å². The number of para-hydroxylation sites is 1. The molecule has 2 N–H and O–H groups in total. The van der Waals surface area contributed by atoms with Crippen molar-refractivity contribution >= 4 is 69.8 Å². The third kappa shape index (κ3) is 4.31. The van der Waals surface area contributed by atoms with Crippen LogP contribution in [-0.2, 0) is 0 Å². The second-order valence-electron chi connectivity index (χ2n) is 12.6. The Hall–Kier alpha value is -5.68. The first-order valence-electron chi connectivity index (χ1n) is 16.5. The normalized spacial score (nSPS) is 16.5. The highest BCUT2D eigenvalue weighted by molar-refractivity contribution is 7.27. The summed E-state index contributed by atoms with van der Waals surface area (Å²) in [7, 11) is 0. The molecule has 2 unspecified atom stereocenters. The topological polar surface area (TPSA) is 29.0 Å². The molecule has 0 aliphatic carbocycles. The van der Waals surface area contributed by atoms with Crippen molar-refractivity contribution < 1.29 is 0 Å². The van der Waals surface area contributed by atoms with Gasteiger partial charge in [-0.2, -0.15) is 0 Å². The summed E-state index contributed by atoms with van der Waals surface area (Å²) in [6, 6.07) is 57.2. The van der Waals surface area contributed by atoms with E-state index in [1.807, 2.05) is 11.3 Å². The van der Waals surface area contributed by atoms with Gasteiger partial charge in [-0.15, -0.1) is 11.3 Å². The van der Waals surface area contributed by atoms with Crippen LogP contribution in [0, 0.1) is 0 Å². The van der Waals surface area contributed by atoms with Crippen LogP contribution >= 0.6 is 11.3 Å². The zero-order chi connectivity index (χ0) is 31.6. The fraction of sp³-hybridized carbons (Fsp3) is 0.0455. The molecule has 1 aliphatic heterocycles. The smallest absolute Gasteiger partial charge is 0.160 e. The maximum Gasteiger partial charge on any atom is 0.160 e. The molecule has 0 radical (unpaired) electrons. The highest BCUT2D eigenvalue weighted by Gasteiger charge is 2.28. The van der Waals surface area contributed by atoms with Crippen molar-refractivity contribution in [2.75, 3.05) is 0 Å². The quantitative estimate of drug-likeness (QED) is 0.202. The first-order chi connectivity index (χ1) is 23.8. The molecule has 0 saturated carbocycles. The maximum atomic E-state index is 4.01. The Morgan fingerprint density at radius 2 is 1.19 bits per heavy atom. The van der Waals surface area contributed by atoms with Gasteiger partial charge in [-0.05, 0) is 45.7 Å². The van der Waals surface area contributed by atoms with Gasteiger partial charge in [0.25, 0.3) is 0 Å². The zero-order valence-corrected chi connectivity index (χ0v) is 26.9. The molecule has 2 aromatic heterocycles. The fourth-order valence-electron chi connectivity index (χ4n) is 7.61. The molecular formula is C44H31N3S. The predicted molar refractivity (Wildman–Crippen MR) is 204 cm³/mol. The van der Waals surface area contributed by atoms with Crippen LogP contribution in [-0.4, -0.2) is 4.57 Å². The van der Waals surface area contributed by atoms with Gasteiger partial charge in [0.15, 0.2) is 6.29 Å². The number of nitrogens with one attached hydrogen (secondary N) is 2. The van der Waals surface area contributed by atoms with Crippen LogP contribution in [0.5, 0.6) is 0 Å². The van der Waals surface area contributed by atoms with E-state index < -0.39 is 0 Å². The molecule has 4 heteroatoms. The minimum absolute atomic E-state index is 0.00596. The van der Waals surface area contributed by atoms with Gasteiger partial charge < -0.3 is 9.88 Å². The van der Waals surface area contributed by atoms with E-state index >= 15 is 0 Å². The number of thiophene rings is 1. The molecule has 0 amide bonds. The lowest BCUT2D eigenvalue weighted by Crippen LogP contribution is -2.43. The molecule has 10 rings (SSSR count). The van der Waals surface area contributed by atoms with Crippen molar-refractivity contribution in [2.45, 2.75) is 12.3 Å². The summed E-state index contributed by atoms with van der Waals surface area (Å²) in [5, 5.41) is 15.7. The summed E-state index contributed by atoms with van der Waals surface area (Å²) in [6.45, 7) is 0. The molecule has 0 spiro atoms. The molecule has 1 aliphatic rings. The number of aromatic nitrogens is 1. The van der Waals surface area contributed by atoms with E-state index in [9.17, 15) is 0 Å². The lowest BCUT2D eigenvalue weighted by Gasteiger charge is -2.34. The SMILES string of the molecule is C1=C(c2cccc3c2sc2c4ccccc4ccc32)NC(n2c3ccccc3c3ccc(-c4ccccc4)cc32)NC1c1ccccc1. The van der Waals surface area contributed by atoms with Crippen LogP contribution in [0.4, 0.5) is 0 Å². The van der Waals surface area contributed by atoms with E-state index in [-0.39, 0.29) is 12.3 Å². The number of rotatable bonds is 4. The number of nitrogens with zero attached hydrogens (tertiary/aromatic N) is 1. The molecule has 0 fully saturated rings. The van der Waals surface area contributed by atoms with Gasteiger partial charge in [-0.3, -0.25) is 5.32 Å². The largest absolute Gasteiger partial charge is 0.352 e. The zero-order valence-electron chi connectivity index (χ0n) is 26.1. The second kappa shape index (κ2) is 11.0. The number of fused-ring (bicyclic) bond motifs is 8. The van der Waals surface area contributed by atoms with Crippen LogP contribution in [0.3, 0.4) is 0 Å². The molecule has 9 aromatic rings. The number of hydrogen-bond acceptors (Lipinski definition) is 3. The molecule has 228 valence electrons. The Morgan fingerprint density at radius 1 is 0.500 bits per heavy atom. The third-order valence-electron chi connectivity index (χ3n) is 9.88. The summed E-state index contributed by atoms with van der Waals surface area (Å²) in [5.74, 6) is 0. The predicted octanol–water partition coefficient (Wildman–Crippen LogP) is 11.4. The van der Waals surface area contributed by atoms with E-state index in [1.165, 1.54) is 75.0 Å². The van der Waals surface area contributed by atoms with Gasteiger partial charge in [0.1, 0.15) is 0 Å². The van der Waals surface area contributed by atoms with Crippen molar-refractivity contribution in [3.8, 4) is 11.1 Å². The fourth-order valence-corrected chi connectivity index (χ4v) is 8.97. The van der Waals surface area contributed by atoms with E-state index in [4.69, 9.17) is 0 Å².